The van der Waals surface area contributed by atoms with Gasteiger partial charge in [0.2, 0.25) is 0 Å². The molecule has 0 spiro atoms. The average Bonchev–Trinajstić information content (AvgIpc) is 2.45. The summed E-state index contributed by atoms with van der Waals surface area (Å²) >= 11 is 0. The summed E-state index contributed by atoms with van der Waals surface area (Å²) in [5.41, 5.74) is 0.583. The van der Waals surface area contributed by atoms with Crippen molar-refractivity contribution in [2.45, 2.75) is 0 Å². The molecule has 0 radical (unpaired) electrons. The highest BCUT2D eigenvalue weighted by Crippen LogP contribution is 2.37. The highest BCUT2D eigenvalue weighted by atomic mass is 16.5. The summed E-state index contributed by atoms with van der Waals surface area (Å²) in [5, 5.41) is 32.9. The first-order valence-electron chi connectivity index (χ1n) is 5.97. The number of para-hydroxylation sites is 2. The van der Waals surface area contributed by atoms with Crippen LogP contribution < -0.4 is 15.4 Å². The van der Waals surface area contributed by atoms with Gasteiger partial charge in [-0.2, -0.15) is 0 Å². The maximum atomic E-state index is 11.9. The number of phenols is 3. The van der Waals surface area contributed by atoms with Crippen LogP contribution in [0.15, 0.2) is 36.4 Å². The number of hydrogen-bond donors (Lipinski definition) is 5. The lowest BCUT2D eigenvalue weighted by molar-refractivity contribution is 0.262. The second kappa shape index (κ2) is 5.91. The molecule has 0 aromatic heterocycles. The van der Waals surface area contributed by atoms with Gasteiger partial charge in [0.15, 0.2) is 17.2 Å². The zero-order chi connectivity index (χ0) is 15.4. The summed E-state index contributed by atoms with van der Waals surface area (Å²) in [4.78, 5) is 11.9. The molecule has 0 saturated heterocycles. The van der Waals surface area contributed by atoms with Crippen molar-refractivity contribution in [1.29, 1.82) is 0 Å². The fourth-order valence-electron chi connectivity index (χ4n) is 1.71. The minimum atomic E-state index is -0.648. The number of carbonyl (C=O) groups is 1. The second-order valence-corrected chi connectivity index (χ2v) is 4.14. The minimum Gasteiger partial charge on any atom is -0.504 e. The molecule has 0 atom stereocenters. The number of urea groups is 1. The van der Waals surface area contributed by atoms with Gasteiger partial charge < -0.3 is 30.7 Å². The monoisotopic (exact) mass is 290 g/mol. The third-order valence-electron chi connectivity index (χ3n) is 2.68. The van der Waals surface area contributed by atoms with Crippen LogP contribution in [0.4, 0.5) is 16.2 Å². The van der Waals surface area contributed by atoms with Crippen molar-refractivity contribution >= 4 is 17.4 Å². The van der Waals surface area contributed by atoms with E-state index in [0.717, 1.165) is 12.1 Å². The summed E-state index contributed by atoms with van der Waals surface area (Å²) < 4.78 is 5.09. The van der Waals surface area contributed by atoms with Crippen molar-refractivity contribution in [3.05, 3.63) is 36.4 Å². The maximum Gasteiger partial charge on any atom is 0.323 e. The van der Waals surface area contributed by atoms with E-state index in [2.05, 4.69) is 10.6 Å². The molecular formula is C14H14N2O5. The number of aromatic hydroxyl groups is 3. The Morgan fingerprint density at radius 1 is 1.05 bits per heavy atom. The Morgan fingerprint density at radius 3 is 2.29 bits per heavy atom. The van der Waals surface area contributed by atoms with Crippen LogP contribution in [0.2, 0.25) is 0 Å². The van der Waals surface area contributed by atoms with Gasteiger partial charge in [-0.05, 0) is 12.1 Å². The lowest BCUT2D eigenvalue weighted by Crippen LogP contribution is -2.19. The van der Waals surface area contributed by atoms with Crippen LogP contribution in [0.25, 0.3) is 0 Å². The number of rotatable bonds is 3. The maximum absolute atomic E-state index is 11.9. The first kappa shape index (κ1) is 14.3. The van der Waals surface area contributed by atoms with Gasteiger partial charge in [0.05, 0.1) is 18.5 Å². The standard InChI is InChI=1S/C14H14N2O5/c1-21-12-5-3-2-4-9(12)16-14(20)15-8-6-10(17)13(19)11(18)7-8/h2-7,17-19H,1H3,(H2,15,16,20). The minimum absolute atomic E-state index is 0.121. The van der Waals surface area contributed by atoms with Crippen molar-refractivity contribution < 1.29 is 24.9 Å². The Morgan fingerprint density at radius 2 is 1.67 bits per heavy atom. The van der Waals surface area contributed by atoms with Crippen molar-refractivity contribution in [2.24, 2.45) is 0 Å². The van der Waals surface area contributed by atoms with E-state index in [0.29, 0.717) is 11.4 Å². The number of anilines is 2. The molecule has 2 aromatic carbocycles. The van der Waals surface area contributed by atoms with Gasteiger partial charge in [-0.1, -0.05) is 12.1 Å². The quantitative estimate of drug-likeness (QED) is 0.440. The highest BCUT2D eigenvalue weighted by Gasteiger charge is 2.11. The molecule has 0 saturated carbocycles. The first-order valence-corrected chi connectivity index (χ1v) is 5.97. The van der Waals surface area contributed by atoms with Gasteiger partial charge in [0.1, 0.15) is 5.75 Å². The first-order chi connectivity index (χ1) is 10.0. The van der Waals surface area contributed by atoms with Crippen LogP contribution in [-0.2, 0) is 0 Å². The van der Waals surface area contributed by atoms with Crippen molar-refractivity contribution in [3.63, 3.8) is 0 Å². The summed E-state index contributed by atoms with van der Waals surface area (Å²) in [6.45, 7) is 0. The van der Waals surface area contributed by atoms with Crippen LogP contribution in [0.5, 0.6) is 23.0 Å². The molecule has 0 fully saturated rings. The normalized spacial score (nSPS) is 9.95. The summed E-state index contributed by atoms with van der Waals surface area (Å²) in [6, 6.07) is 8.46. The molecule has 2 amide bonds. The van der Waals surface area contributed by atoms with Crippen molar-refractivity contribution in [3.8, 4) is 23.0 Å². The zero-order valence-corrected chi connectivity index (χ0v) is 11.1. The summed E-state index contributed by atoms with van der Waals surface area (Å²) in [6.07, 6.45) is 0. The number of amides is 2. The fraction of sp³-hybridized carbons (Fsp3) is 0.0714. The molecule has 0 unspecified atom stereocenters. The SMILES string of the molecule is COc1ccccc1NC(=O)Nc1cc(O)c(O)c(O)c1. The average molecular weight is 290 g/mol. The van der Waals surface area contributed by atoms with Crippen LogP contribution in [0.1, 0.15) is 0 Å². The van der Waals surface area contributed by atoms with Crippen molar-refractivity contribution in [2.75, 3.05) is 17.7 Å². The smallest absolute Gasteiger partial charge is 0.323 e. The predicted molar refractivity (Wildman–Crippen MR) is 77.1 cm³/mol. The van der Waals surface area contributed by atoms with Gasteiger partial charge in [-0.3, -0.25) is 0 Å². The number of ether oxygens (including phenoxy) is 1. The summed E-state index contributed by atoms with van der Waals surface area (Å²) in [5.74, 6) is -1.24. The Kier molecular flexibility index (Phi) is 4.03. The van der Waals surface area contributed by atoms with Gasteiger partial charge in [0, 0.05) is 12.1 Å². The van der Waals surface area contributed by atoms with E-state index in [9.17, 15) is 20.1 Å². The predicted octanol–water partition coefficient (Wildman–Crippen LogP) is 2.46. The molecule has 21 heavy (non-hydrogen) atoms. The number of hydrogen-bond acceptors (Lipinski definition) is 5. The van der Waals surface area contributed by atoms with E-state index in [1.165, 1.54) is 7.11 Å². The van der Waals surface area contributed by atoms with Crippen LogP contribution >= 0.6 is 0 Å². The molecule has 7 nitrogen and oxygen atoms in total. The molecule has 0 bridgehead atoms. The molecule has 0 aliphatic carbocycles. The van der Waals surface area contributed by atoms with E-state index < -0.39 is 23.3 Å². The fourth-order valence-corrected chi connectivity index (χ4v) is 1.71. The Labute approximate surface area is 120 Å². The topological polar surface area (TPSA) is 111 Å². The molecule has 2 rings (SSSR count). The van der Waals surface area contributed by atoms with E-state index in [1.54, 1.807) is 24.3 Å². The number of benzene rings is 2. The van der Waals surface area contributed by atoms with Gasteiger partial charge >= 0.3 is 6.03 Å². The molecular weight excluding hydrogens is 276 g/mol. The molecule has 7 heteroatoms. The number of nitrogens with one attached hydrogen (secondary N) is 2. The summed E-state index contributed by atoms with van der Waals surface area (Å²) in [7, 11) is 1.48. The third kappa shape index (κ3) is 3.27. The van der Waals surface area contributed by atoms with Gasteiger partial charge in [-0.25, -0.2) is 4.79 Å². The molecule has 110 valence electrons. The van der Waals surface area contributed by atoms with E-state index >= 15 is 0 Å². The van der Waals surface area contributed by atoms with Gasteiger partial charge in [-0.15, -0.1) is 0 Å². The highest BCUT2D eigenvalue weighted by molar-refractivity contribution is 6.01. The van der Waals surface area contributed by atoms with Crippen LogP contribution in [0, 0.1) is 0 Å². The molecule has 5 N–H and O–H groups in total. The Balaban J connectivity index is 2.12. The van der Waals surface area contributed by atoms with Crippen LogP contribution in [-0.4, -0.2) is 28.5 Å². The van der Waals surface area contributed by atoms with E-state index in [1.807, 2.05) is 0 Å². The zero-order valence-electron chi connectivity index (χ0n) is 11.1. The second-order valence-electron chi connectivity index (χ2n) is 4.14. The molecule has 0 aliphatic rings. The van der Waals surface area contributed by atoms with Gasteiger partial charge in [0.25, 0.3) is 0 Å². The number of phenolic OH excluding ortho intramolecular Hbond substituents is 3. The lowest BCUT2D eigenvalue weighted by atomic mass is 10.2. The third-order valence-corrected chi connectivity index (χ3v) is 2.68. The van der Waals surface area contributed by atoms with Crippen LogP contribution in [0.3, 0.4) is 0 Å². The number of carbonyl (C=O) groups excluding carboxylic acids is 1. The Hall–Kier alpha value is -3.09. The van der Waals surface area contributed by atoms with E-state index in [4.69, 9.17) is 4.74 Å². The van der Waals surface area contributed by atoms with Crippen molar-refractivity contribution in [1.82, 2.24) is 0 Å². The largest absolute Gasteiger partial charge is 0.504 e. The Bertz CT molecular complexity index is 649. The number of methoxy groups -OCH3 is 1. The molecule has 0 aliphatic heterocycles. The molecule has 0 heterocycles. The molecule has 2 aromatic rings. The lowest BCUT2D eigenvalue weighted by Gasteiger charge is -2.11. The van der Waals surface area contributed by atoms with E-state index in [-0.39, 0.29) is 5.69 Å².